The molecule has 5 nitrogen and oxygen atoms in total. The van der Waals surface area contributed by atoms with Crippen LogP contribution in [-0.4, -0.2) is 30.0 Å². The summed E-state index contributed by atoms with van der Waals surface area (Å²) < 4.78 is 22.8. The highest BCUT2D eigenvalue weighted by Crippen LogP contribution is 2.27. The Balaban J connectivity index is 2.15. The lowest BCUT2D eigenvalue weighted by molar-refractivity contribution is -0.146. The summed E-state index contributed by atoms with van der Waals surface area (Å²) in [5.74, 6) is -1.05. The Hall–Kier alpha value is -1.98. The molecule has 0 amide bonds. The van der Waals surface area contributed by atoms with E-state index in [0.717, 1.165) is 0 Å². The molecule has 0 fully saturated rings. The van der Waals surface area contributed by atoms with Crippen molar-refractivity contribution in [1.82, 2.24) is 4.98 Å². The average Bonchev–Trinajstić information content (AvgIpc) is 2.79. The van der Waals surface area contributed by atoms with Crippen LogP contribution in [0.2, 0.25) is 0 Å². The zero-order valence-electron chi connectivity index (χ0n) is 9.17. The van der Waals surface area contributed by atoms with E-state index in [1.54, 1.807) is 6.92 Å². The van der Waals surface area contributed by atoms with E-state index in [1.807, 2.05) is 0 Å². The smallest absolute Gasteiger partial charge is 0.335 e. The largest absolute Gasteiger partial charge is 0.473 e. The Morgan fingerprint density at radius 2 is 2.41 bits per heavy atom. The van der Waals surface area contributed by atoms with Gasteiger partial charge in [-0.25, -0.2) is 14.8 Å². The lowest BCUT2D eigenvalue weighted by Crippen LogP contribution is -2.26. The van der Waals surface area contributed by atoms with E-state index in [0.29, 0.717) is 5.56 Å². The van der Waals surface area contributed by atoms with Crippen molar-refractivity contribution in [3.63, 3.8) is 0 Å². The van der Waals surface area contributed by atoms with Crippen LogP contribution >= 0.6 is 0 Å². The van der Waals surface area contributed by atoms with Crippen molar-refractivity contribution in [2.24, 2.45) is 4.99 Å². The summed E-state index contributed by atoms with van der Waals surface area (Å²) in [4.78, 5) is 19.0. The Morgan fingerprint density at radius 3 is 3.06 bits per heavy atom. The second kappa shape index (κ2) is 4.90. The standard InChI is InChI=1S/C11H11FN2O3/c1-2-16-11(15)9-10(17-6-14-9)7-3-4-8(12)13-5-7/h3-6,9-10H,2H2,1H3/t9-,10-/m0/s1. The quantitative estimate of drug-likeness (QED) is 0.587. The normalized spacial score (nSPS) is 22.2. The van der Waals surface area contributed by atoms with Gasteiger partial charge in [0.1, 0.15) is 0 Å². The van der Waals surface area contributed by atoms with Crippen molar-refractivity contribution < 1.29 is 18.7 Å². The van der Waals surface area contributed by atoms with E-state index in [2.05, 4.69) is 9.98 Å². The van der Waals surface area contributed by atoms with Crippen LogP contribution in [-0.2, 0) is 14.3 Å². The molecule has 1 aliphatic rings. The van der Waals surface area contributed by atoms with Crippen LogP contribution in [0.4, 0.5) is 4.39 Å². The number of aromatic nitrogens is 1. The number of ether oxygens (including phenoxy) is 2. The summed E-state index contributed by atoms with van der Waals surface area (Å²) >= 11 is 0. The second-order valence-corrected chi connectivity index (χ2v) is 3.42. The molecule has 0 aromatic carbocycles. The predicted molar refractivity (Wildman–Crippen MR) is 56.9 cm³/mol. The summed E-state index contributed by atoms with van der Waals surface area (Å²) in [5.41, 5.74) is 0.585. The van der Waals surface area contributed by atoms with Crippen LogP contribution in [0.5, 0.6) is 0 Å². The third kappa shape index (κ3) is 2.41. The molecule has 2 atom stereocenters. The molecule has 2 rings (SSSR count). The van der Waals surface area contributed by atoms with Crippen LogP contribution in [0.3, 0.4) is 0 Å². The minimum absolute atomic E-state index is 0.277. The molecular formula is C11H11FN2O3. The minimum Gasteiger partial charge on any atom is -0.473 e. The third-order valence-electron chi connectivity index (χ3n) is 2.32. The number of aliphatic imine (C=N–C) groups is 1. The van der Waals surface area contributed by atoms with Crippen molar-refractivity contribution in [3.8, 4) is 0 Å². The number of hydrogen-bond acceptors (Lipinski definition) is 5. The van der Waals surface area contributed by atoms with Gasteiger partial charge in [-0.2, -0.15) is 4.39 Å². The van der Waals surface area contributed by atoms with Crippen LogP contribution < -0.4 is 0 Å². The summed E-state index contributed by atoms with van der Waals surface area (Å²) in [7, 11) is 0. The first-order valence-corrected chi connectivity index (χ1v) is 5.17. The van der Waals surface area contributed by atoms with Gasteiger partial charge in [-0.15, -0.1) is 0 Å². The van der Waals surface area contributed by atoms with Gasteiger partial charge in [-0.3, -0.25) is 0 Å². The fourth-order valence-corrected chi connectivity index (χ4v) is 1.55. The molecule has 0 saturated carbocycles. The highest BCUT2D eigenvalue weighted by atomic mass is 19.1. The van der Waals surface area contributed by atoms with Gasteiger partial charge in [0, 0.05) is 11.8 Å². The third-order valence-corrected chi connectivity index (χ3v) is 2.32. The summed E-state index contributed by atoms with van der Waals surface area (Å²) in [6.45, 7) is 1.99. The maximum atomic E-state index is 12.7. The first kappa shape index (κ1) is 11.5. The molecule has 90 valence electrons. The predicted octanol–water partition coefficient (Wildman–Crippen LogP) is 1.25. The summed E-state index contributed by atoms with van der Waals surface area (Å²) in [5, 5.41) is 0. The van der Waals surface area contributed by atoms with Crippen molar-refractivity contribution in [2.45, 2.75) is 19.1 Å². The van der Waals surface area contributed by atoms with E-state index in [4.69, 9.17) is 9.47 Å². The number of halogens is 1. The first-order chi connectivity index (χ1) is 8.22. The Bertz CT molecular complexity index is 433. The molecule has 0 aliphatic carbocycles. The van der Waals surface area contributed by atoms with Crippen molar-refractivity contribution >= 4 is 12.4 Å². The fraction of sp³-hybridized carbons (Fsp3) is 0.364. The SMILES string of the molecule is CCOC(=O)[C@H]1N=CO[C@H]1c1ccc(F)nc1. The maximum Gasteiger partial charge on any atom is 0.335 e. The number of carbonyl (C=O) groups is 1. The Labute approximate surface area is 97.3 Å². The molecule has 0 unspecified atom stereocenters. The lowest BCUT2D eigenvalue weighted by atomic mass is 10.1. The molecule has 2 heterocycles. The number of nitrogens with zero attached hydrogens (tertiary/aromatic N) is 2. The van der Waals surface area contributed by atoms with Crippen LogP contribution in [0.15, 0.2) is 23.3 Å². The Kier molecular flexibility index (Phi) is 3.32. The van der Waals surface area contributed by atoms with Gasteiger partial charge in [-0.05, 0) is 19.1 Å². The fourth-order valence-electron chi connectivity index (χ4n) is 1.55. The van der Waals surface area contributed by atoms with Crippen LogP contribution in [0, 0.1) is 5.95 Å². The van der Waals surface area contributed by atoms with Gasteiger partial charge in [0.2, 0.25) is 5.95 Å². The van der Waals surface area contributed by atoms with E-state index >= 15 is 0 Å². The molecule has 0 saturated heterocycles. The highest BCUT2D eigenvalue weighted by Gasteiger charge is 2.35. The summed E-state index contributed by atoms with van der Waals surface area (Å²) in [6, 6.07) is 1.97. The molecule has 17 heavy (non-hydrogen) atoms. The minimum atomic E-state index is -0.748. The maximum absolute atomic E-state index is 12.7. The molecular weight excluding hydrogens is 227 g/mol. The van der Waals surface area contributed by atoms with Crippen molar-refractivity contribution in [2.75, 3.05) is 6.61 Å². The highest BCUT2D eigenvalue weighted by molar-refractivity contribution is 5.80. The van der Waals surface area contributed by atoms with Gasteiger partial charge >= 0.3 is 5.97 Å². The van der Waals surface area contributed by atoms with Crippen molar-refractivity contribution in [3.05, 3.63) is 29.8 Å². The van der Waals surface area contributed by atoms with Gasteiger partial charge < -0.3 is 9.47 Å². The first-order valence-electron chi connectivity index (χ1n) is 5.17. The summed E-state index contributed by atoms with van der Waals surface area (Å²) in [6.07, 6.45) is 1.93. The van der Waals surface area contributed by atoms with E-state index in [-0.39, 0.29) is 6.61 Å². The van der Waals surface area contributed by atoms with E-state index in [9.17, 15) is 9.18 Å². The van der Waals surface area contributed by atoms with Crippen molar-refractivity contribution in [1.29, 1.82) is 0 Å². The zero-order chi connectivity index (χ0) is 12.3. The van der Waals surface area contributed by atoms with Gasteiger partial charge in [-0.1, -0.05) is 0 Å². The topological polar surface area (TPSA) is 60.8 Å². The average molecular weight is 238 g/mol. The number of carbonyl (C=O) groups excluding carboxylic acids is 1. The van der Waals surface area contributed by atoms with E-state index in [1.165, 1.54) is 24.7 Å². The number of hydrogen-bond donors (Lipinski definition) is 0. The Morgan fingerprint density at radius 1 is 1.59 bits per heavy atom. The molecule has 6 heteroatoms. The van der Waals surface area contributed by atoms with Gasteiger partial charge in [0.05, 0.1) is 6.61 Å². The molecule has 1 aromatic rings. The second-order valence-electron chi connectivity index (χ2n) is 3.42. The zero-order valence-corrected chi connectivity index (χ0v) is 9.17. The van der Waals surface area contributed by atoms with Gasteiger partial charge in [0.15, 0.2) is 18.5 Å². The van der Waals surface area contributed by atoms with Crippen LogP contribution in [0.1, 0.15) is 18.6 Å². The number of esters is 1. The molecule has 0 N–H and O–H groups in total. The molecule has 1 aliphatic heterocycles. The molecule has 0 bridgehead atoms. The number of pyridine rings is 1. The molecule has 1 aromatic heterocycles. The lowest BCUT2D eigenvalue weighted by Gasteiger charge is -2.15. The molecule has 0 radical (unpaired) electrons. The monoisotopic (exact) mass is 238 g/mol. The molecule has 0 spiro atoms. The van der Waals surface area contributed by atoms with Crippen LogP contribution in [0.25, 0.3) is 0 Å². The van der Waals surface area contributed by atoms with E-state index < -0.39 is 24.1 Å². The van der Waals surface area contributed by atoms with Gasteiger partial charge in [0.25, 0.3) is 0 Å². The number of rotatable bonds is 3.